The van der Waals surface area contributed by atoms with E-state index in [1.54, 1.807) is 19.1 Å². The van der Waals surface area contributed by atoms with Gasteiger partial charge in [0.05, 0.1) is 36.6 Å². The molecule has 1 aliphatic carbocycles. The summed E-state index contributed by atoms with van der Waals surface area (Å²) in [5, 5.41) is 12.1. The van der Waals surface area contributed by atoms with Crippen LogP contribution in [0.2, 0.25) is 0 Å². The number of hydrogen-bond acceptors (Lipinski definition) is 6. The molecule has 0 saturated heterocycles. The number of carbonyl (C=O) groups excluding carboxylic acids is 2. The Balaban J connectivity index is 2.72. The van der Waals surface area contributed by atoms with E-state index in [1.807, 2.05) is 0 Å². The number of oxime groups is 1. The number of nitrogens with zero attached hydrogens (tertiary/aromatic N) is 1. The topological polar surface area (TPSA) is 85.2 Å². The molecule has 0 aliphatic heterocycles. The molecular weight excluding hydrogens is 274 g/mol. The fraction of sp³-hybridized carbons (Fsp3) is 0.267. The minimum atomic E-state index is -0.421. The number of hydrogen-bond donors (Lipinski definition) is 1. The third-order valence-electron chi connectivity index (χ3n) is 3.33. The fourth-order valence-electron chi connectivity index (χ4n) is 2.31. The van der Waals surface area contributed by atoms with Gasteiger partial charge in [0.25, 0.3) is 0 Å². The van der Waals surface area contributed by atoms with E-state index in [0.29, 0.717) is 12.2 Å². The van der Waals surface area contributed by atoms with E-state index in [0.717, 1.165) is 0 Å². The highest BCUT2D eigenvalue weighted by Gasteiger charge is 2.33. The van der Waals surface area contributed by atoms with Gasteiger partial charge in [0.1, 0.15) is 11.5 Å². The summed E-state index contributed by atoms with van der Waals surface area (Å²) in [6, 6.07) is 3.13. The molecule has 0 atom stereocenters. The van der Waals surface area contributed by atoms with Gasteiger partial charge in [0.15, 0.2) is 11.6 Å². The first-order valence-corrected chi connectivity index (χ1v) is 6.36. The van der Waals surface area contributed by atoms with Crippen molar-refractivity contribution in [3.63, 3.8) is 0 Å². The van der Waals surface area contributed by atoms with Crippen molar-refractivity contribution in [3.8, 4) is 11.5 Å². The second kappa shape index (κ2) is 5.78. The number of rotatable bonds is 4. The zero-order valence-electron chi connectivity index (χ0n) is 12.0. The molecule has 0 spiro atoms. The molecule has 0 amide bonds. The van der Waals surface area contributed by atoms with E-state index >= 15 is 0 Å². The van der Waals surface area contributed by atoms with Gasteiger partial charge < -0.3 is 14.7 Å². The van der Waals surface area contributed by atoms with E-state index in [-0.39, 0.29) is 33.9 Å². The van der Waals surface area contributed by atoms with Crippen molar-refractivity contribution in [1.82, 2.24) is 0 Å². The average molecular weight is 289 g/mol. The standard InChI is InChI=1S/C15H15NO5/c1-4-9(16-19)8-7-10(17)13-11(20-2)5-6-12(21-3)14(13)15(8)18/h5-7,19H,4H2,1-3H3/b16-9-. The maximum absolute atomic E-state index is 12.6. The Bertz CT molecular complexity index is 673. The number of ether oxygens (including phenoxy) is 2. The van der Waals surface area contributed by atoms with Gasteiger partial charge in [-0.25, -0.2) is 0 Å². The van der Waals surface area contributed by atoms with Crippen LogP contribution in [0.25, 0.3) is 0 Å². The van der Waals surface area contributed by atoms with Crippen LogP contribution in [0.15, 0.2) is 28.9 Å². The summed E-state index contributed by atoms with van der Waals surface area (Å²) in [4.78, 5) is 24.9. The monoisotopic (exact) mass is 289 g/mol. The molecule has 110 valence electrons. The first kappa shape index (κ1) is 14.8. The van der Waals surface area contributed by atoms with E-state index in [9.17, 15) is 9.59 Å². The smallest absolute Gasteiger partial charge is 0.199 e. The second-order valence-corrected chi connectivity index (χ2v) is 4.37. The number of ketones is 2. The average Bonchev–Trinajstić information content (AvgIpc) is 2.51. The molecule has 1 aromatic rings. The summed E-state index contributed by atoms with van der Waals surface area (Å²) in [6.45, 7) is 1.73. The Labute approximate surface area is 121 Å². The highest BCUT2D eigenvalue weighted by molar-refractivity contribution is 6.37. The SMILES string of the molecule is CC/C(=N/O)C1=CC(=O)c2c(OC)ccc(OC)c2C1=O. The molecule has 0 saturated carbocycles. The summed E-state index contributed by atoms with van der Waals surface area (Å²) in [7, 11) is 2.84. The molecule has 21 heavy (non-hydrogen) atoms. The minimum absolute atomic E-state index is 0.0732. The predicted octanol–water partition coefficient (Wildman–Crippen LogP) is 2.25. The van der Waals surface area contributed by atoms with E-state index in [4.69, 9.17) is 14.7 Å². The number of Topliss-reactive ketones (excluding diaryl/α,β-unsaturated/α-hetero) is 1. The van der Waals surface area contributed by atoms with Crippen molar-refractivity contribution in [3.05, 3.63) is 34.9 Å². The van der Waals surface area contributed by atoms with Gasteiger partial charge in [-0.1, -0.05) is 12.1 Å². The quantitative estimate of drug-likeness (QED) is 0.522. The zero-order chi connectivity index (χ0) is 15.6. The van der Waals surface area contributed by atoms with Crippen molar-refractivity contribution in [2.45, 2.75) is 13.3 Å². The Hall–Kier alpha value is -2.63. The van der Waals surface area contributed by atoms with Crippen molar-refractivity contribution >= 4 is 17.3 Å². The number of benzene rings is 1. The number of methoxy groups -OCH3 is 2. The molecule has 1 aliphatic rings. The van der Waals surface area contributed by atoms with Gasteiger partial charge >= 0.3 is 0 Å². The minimum Gasteiger partial charge on any atom is -0.496 e. The molecule has 0 fully saturated rings. The van der Waals surface area contributed by atoms with Crippen molar-refractivity contribution in [2.75, 3.05) is 14.2 Å². The van der Waals surface area contributed by atoms with Gasteiger partial charge in [0, 0.05) is 0 Å². The largest absolute Gasteiger partial charge is 0.496 e. The van der Waals surface area contributed by atoms with Crippen LogP contribution in [-0.4, -0.2) is 36.7 Å². The van der Waals surface area contributed by atoms with Gasteiger partial charge in [-0.2, -0.15) is 0 Å². The maximum Gasteiger partial charge on any atom is 0.199 e. The van der Waals surface area contributed by atoms with Crippen LogP contribution in [0, 0.1) is 0 Å². The summed E-state index contributed by atoms with van der Waals surface area (Å²) in [6.07, 6.45) is 1.49. The Kier molecular flexibility index (Phi) is 4.07. The van der Waals surface area contributed by atoms with E-state index < -0.39 is 5.78 Å². The van der Waals surface area contributed by atoms with Crippen LogP contribution in [0.4, 0.5) is 0 Å². The first-order chi connectivity index (χ1) is 10.1. The molecule has 0 bridgehead atoms. The molecule has 0 unspecified atom stereocenters. The molecule has 2 rings (SSSR count). The first-order valence-electron chi connectivity index (χ1n) is 6.36. The normalized spacial score (nSPS) is 14.6. The van der Waals surface area contributed by atoms with Crippen LogP contribution in [0.1, 0.15) is 34.1 Å². The third-order valence-corrected chi connectivity index (χ3v) is 3.33. The lowest BCUT2D eigenvalue weighted by Gasteiger charge is -2.19. The summed E-state index contributed by atoms with van der Waals surface area (Å²) in [5.41, 5.74) is 0.529. The molecule has 0 radical (unpaired) electrons. The highest BCUT2D eigenvalue weighted by Crippen LogP contribution is 2.36. The van der Waals surface area contributed by atoms with E-state index in [1.165, 1.54) is 20.3 Å². The van der Waals surface area contributed by atoms with Gasteiger partial charge in [-0.15, -0.1) is 0 Å². The predicted molar refractivity (Wildman–Crippen MR) is 75.8 cm³/mol. The lowest BCUT2D eigenvalue weighted by atomic mass is 9.85. The van der Waals surface area contributed by atoms with Crippen LogP contribution in [-0.2, 0) is 0 Å². The Morgan fingerprint density at radius 3 is 2.19 bits per heavy atom. The zero-order valence-corrected chi connectivity index (χ0v) is 12.0. The lowest BCUT2D eigenvalue weighted by Crippen LogP contribution is -2.23. The molecular formula is C15H15NO5. The Morgan fingerprint density at radius 1 is 1.14 bits per heavy atom. The summed E-state index contributed by atoms with van der Waals surface area (Å²) in [5.74, 6) is -0.221. The summed E-state index contributed by atoms with van der Waals surface area (Å²) >= 11 is 0. The molecule has 6 heteroatoms. The fourth-order valence-corrected chi connectivity index (χ4v) is 2.31. The lowest BCUT2D eigenvalue weighted by molar-refractivity contribution is 0.0983. The second-order valence-electron chi connectivity index (χ2n) is 4.37. The molecule has 1 aromatic carbocycles. The highest BCUT2D eigenvalue weighted by atomic mass is 16.5. The van der Waals surface area contributed by atoms with Crippen LogP contribution < -0.4 is 9.47 Å². The molecule has 6 nitrogen and oxygen atoms in total. The van der Waals surface area contributed by atoms with E-state index in [2.05, 4.69) is 5.16 Å². The van der Waals surface area contributed by atoms with Crippen LogP contribution >= 0.6 is 0 Å². The number of allylic oxidation sites excluding steroid dienone is 2. The van der Waals surface area contributed by atoms with Gasteiger partial charge in [-0.3, -0.25) is 9.59 Å². The number of fused-ring (bicyclic) bond motifs is 1. The van der Waals surface area contributed by atoms with Crippen molar-refractivity contribution in [2.24, 2.45) is 5.16 Å². The summed E-state index contributed by atoms with van der Waals surface area (Å²) < 4.78 is 10.3. The Morgan fingerprint density at radius 2 is 1.71 bits per heavy atom. The maximum atomic E-state index is 12.6. The van der Waals surface area contributed by atoms with Crippen molar-refractivity contribution < 1.29 is 24.3 Å². The van der Waals surface area contributed by atoms with Crippen LogP contribution in [0.5, 0.6) is 11.5 Å². The third kappa shape index (κ3) is 2.29. The van der Waals surface area contributed by atoms with Gasteiger partial charge in [0.2, 0.25) is 0 Å². The molecule has 0 heterocycles. The molecule has 0 aromatic heterocycles. The van der Waals surface area contributed by atoms with Gasteiger partial charge in [-0.05, 0) is 24.6 Å². The van der Waals surface area contributed by atoms with Crippen LogP contribution in [0.3, 0.4) is 0 Å². The number of carbonyl (C=O) groups is 2. The molecule has 1 N–H and O–H groups in total. The van der Waals surface area contributed by atoms with Crippen molar-refractivity contribution in [1.29, 1.82) is 0 Å².